The normalized spacial score (nSPS) is 11.3. The number of hydrogen-bond donors (Lipinski definition) is 1. The third kappa shape index (κ3) is 2.61. The second-order valence-electron chi connectivity index (χ2n) is 4.48. The standard InChI is InChI=1S/C14H20N2O/c1-4-17-13-7-5-6-12-11(8-9-16(2)3)10-15-14(12)13/h5-7,10,15H,4,8-9H2,1-3H3. The number of benzene rings is 1. The van der Waals surface area contributed by atoms with Gasteiger partial charge in [-0.3, -0.25) is 0 Å². The van der Waals surface area contributed by atoms with Gasteiger partial charge in [-0.05, 0) is 39.1 Å². The average Bonchev–Trinajstić information content (AvgIpc) is 2.71. The molecule has 1 aromatic heterocycles. The first-order valence-electron chi connectivity index (χ1n) is 6.09. The van der Waals surface area contributed by atoms with Crippen molar-refractivity contribution < 1.29 is 4.74 Å². The first kappa shape index (κ1) is 12.0. The molecule has 0 bridgehead atoms. The van der Waals surface area contributed by atoms with E-state index in [0.717, 1.165) is 24.2 Å². The van der Waals surface area contributed by atoms with Crippen LogP contribution in [0.15, 0.2) is 24.4 Å². The van der Waals surface area contributed by atoms with Gasteiger partial charge in [0.25, 0.3) is 0 Å². The van der Waals surface area contributed by atoms with Gasteiger partial charge >= 0.3 is 0 Å². The van der Waals surface area contributed by atoms with Gasteiger partial charge < -0.3 is 14.6 Å². The molecule has 3 heteroatoms. The summed E-state index contributed by atoms with van der Waals surface area (Å²) in [5, 5.41) is 1.28. The summed E-state index contributed by atoms with van der Waals surface area (Å²) >= 11 is 0. The molecule has 0 radical (unpaired) electrons. The Kier molecular flexibility index (Phi) is 3.69. The summed E-state index contributed by atoms with van der Waals surface area (Å²) in [6.07, 6.45) is 3.15. The van der Waals surface area contributed by atoms with Gasteiger partial charge in [0.2, 0.25) is 0 Å². The number of fused-ring (bicyclic) bond motifs is 1. The number of rotatable bonds is 5. The molecule has 0 atom stereocenters. The van der Waals surface area contributed by atoms with Crippen molar-refractivity contribution >= 4 is 10.9 Å². The van der Waals surface area contributed by atoms with Gasteiger partial charge in [-0.2, -0.15) is 0 Å². The number of nitrogens with zero attached hydrogens (tertiary/aromatic N) is 1. The molecule has 0 aliphatic heterocycles. The predicted octanol–water partition coefficient (Wildman–Crippen LogP) is 2.67. The Morgan fingerprint density at radius 2 is 2.12 bits per heavy atom. The molecule has 0 saturated heterocycles. The van der Waals surface area contributed by atoms with E-state index in [1.54, 1.807) is 0 Å². The number of likely N-dealkylation sites (N-methyl/N-ethyl adjacent to an activating group) is 1. The van der Waals surface area contributed by atoms with Gasteiger partial charge in [-0.1, -0.05) is 12.1 Å². The van der Waals surface area contributed by atoms with Crippen molar-refractivity contribution in [2.45, 2.75) is 13.3 Å². The van der Waals surface area contributed by atoms with Crippen LogP contribution >= 0.6 is 0 Å². The molecule has 0 spiro atoms. The Morgan fingerprint density at radius 3 is 2.82 bits per heavy atom. The van der Waals surface area contributed by atoms with Crippen LogP contribution in [-0.2, 0) is 6.42 Å². The molecule has 3 nitrogen and oxygen atoms in total. The molecule has 2 aromatic rings. The van der Waals surface area contributed by atoms with Gasteiger partial charge in [0.05, 0.1) is 12.1 Å². The van der Waals surface area contributed by atoms with Crippen molar-refractivity contribution in [2.24, 2.45) is 0 Å². The molecule has 0 fully saturated rings. The van der Waals surface area contributed by atoms with Gasteiger partial charge in [0.1, 0.15) is 5.75 Å². The van der Waals surface area contributed by atoms with E-state index in [-0.39, 0.29) is 0 Å². The fourth-order valence-corrected chi connectivity index (χ4v) is 2.01. The lowest BCUT2D eigenvalue weighted by Gasteiger charge is -2.08. The number of aromatic amines is 1. The van der Waals surface area contributed by atoms with E-state index >= 15 is 0 Å². The Balaban J connectivity index is 2.30. The van der Waals surface area contributed by atoms with Crippen molar-refractivity contribution in [1.82, 2.24) is 9.88 Å². The highest BCUT2D eigenvalue weighted by Crippen LogP contribution is 2.27. The molecule has 92 valence electrons. The summed E-state index contributed by atoms with van der Waals surface area (Å²) in [4.78, 5) is 5.52. The van der Waals surface area contributed by atoms with Gasteiger partial charge in [-0.15, -0.1) is 0 Å². The number of para-hydroxylation sites is 1. The van der Waals surface area contributed by atoms with E-state index in [2.05, 4.69) is 42.3 Å². The Labute approximate surface area is 102 Å². The van der Waals surface area contributed by atoms with E-state index in [1.807, 2.05) is 13.0 Å². The minimum absolute atomic E-state index is 0.700. The maximum absolute atomic E-state index is 5.62. The van der Waals surface area contributed by atoms with Crippen LogP contribution in [0.3, 0.4) is 0 Å². The van der Waals surface area contributed by atoms with Crippen molar-refractivity contribution in [3.63, 3.8) is 0 Å². The Hall–Kier alpha value is -1.48. The molecular weight excluding hydrogens is 212 g/mol. The van der Waals surface area contributed by atoms with Crippen LogP contribution in [-0.4, -0.2) is 37.1 Å². The van der Waals surface area contributed by atoms with Crippen molar-refractivity contribution in [3.05, 3.63) is 30.0 Å². The molecule has 0 unspecified atom stereocenters. The zero-order chi connectivity index (χ0) is 12.3. The van der Waals surface area contributed by atoms with E-state index < -0.39 is 0 Å². The largest absolute Gasteiger partial charge is 0.492 e. The van der Waals surface area contributed by atoms with Crippen LogP contribution in [0.25, 0.3) is 10.9 Å². The third-order valence-electron chi connectivity index (χ3n) is 2.89. The number of ether oxygens (including phenoxy) is 1. The molecule has 1 N–H and O–H groups in total. The predicted molar refractivity (Wildman–Crippen MR) is 71.7 cm³/mol. The summed E-state index contributed by atoms with van der Waals surface area (Å²) < 4.78 is 5.62. The summed E-state index contributed by atoms with van der Waals surface area (Å²) in [5.41, 5.74) is 2.47. The minimum atomic E-state index is 0.700. The zero-order valence-electron chi connectivity index (χ0n) is 10.8. The average molecular weight is 232 g/mol. The van der Waals surface area contributed by atoms with Crippen molar-refractivity contribution in [2.75, 3.05) is 27.2 Å². The number of nitrogens with one attached hydrogen (secondary N) is 1. The van der Waals surface area contributed by atoms with E-state index in [4.69, 9.17) is 4.74 Å². The van der Waals surface area contributed by atoms with E-state index in [0.29, 0.717) is 6.61 Å². The maximum Gasteiger partial charge on any atom is 0.143 e. The fourth-order valence-electron chi connectivity index (χ4n) is 2.01. The summed E-state index contributed by atoms with van der Waals surface area (Å²) in [6.45, 7) is 3.77. The molecule has 2 rings (SSSR count). The highest BCUT2D eigenvalue weighted by molar-refractivity contribution is 5.88. The Morgan fingerprint density at radius 1 is 1.29 bits per heavy atom. The summed E-state index contributed by atoms with van der Waals surface area (Å²) in [6, 6.07) is 6.22. The Bertz CT molecular complexity index is 488. The van der Waals surface area contributed by atoms with Crippen LogP contribution in [0.5, 0.6) is 5.75 Å². The topological polar surface area (TPSA) is 28.3 Å². The lowest BCUT2D eigenvalue weighted by Crippen LogP contribution is -2.14. The van der Waals surface area contributed by atoms with Crippen molar-refractivity contribution in [3.8, 4) is 5.75 Å². The van der Waals surface area contributed by atoms with Crippen LogP contribution in [0.4, 0.5) is 0 Å². The van der Waals surface area contributed by atoms with Gasteiger partial charge in [-0.25, -0.2) is 0 Å². The van der Waals surface area contributed by atoms with Crippen LogP contribution in [0.1, 0.15) is 12.5 Å². The van der Waals surface area contributed by atoms with E-state index in [1.165, 1.54) is 10.9 Å². The molecule has 0 aliphatic carbocycles. The maximum atomic E-state index is 5.62. The fraction of sp³-hybridized carbons (Fsp3) is 0.429. The van der Waals surface area contributed by atoms with Crippen molar-refractivity contribution in [1.29, 1.82) is 0 Å². The lowest BCUT2D eigenvalue weighted by atomic mass is 10.1. The second kappa shape index (κ2) is 5.23. The first-order chi connectivity index (χ1) is 8.22. The van der Waals surface area contributed by atoms with Crippen LogP contribution in [0, 0.1) is 0 Å². The summed E-state index contributed by atoms with van der Waals surface area (Å²) in [5.74, 6) is 0.945. The highest BCUT2D eigenvalue weighted by Gasteiger charge is 2.07. The number of aromatic nitrogens is 1. The monoisotopic (exact) mass is 232 g/mol. The summed E-state index contributed by atoms with van der Waals surface area (Å²) in [7, 11) is 4.20. The van der Waals surface area contributed by atoms with E-state index in [9.17, 15) is 0 Å². The number of hydrogen-bond acceptors (Lipinski definition) is 2. The smallest absolute Gasteiger partial charge is 0.143 e. The van der Waals surface area contributed by atoms with Crippen LogP contribution < -0.4 is 4.74 Å². The molecule has 17 heavy (non-hydrogen) atoms. The lowest BCUT2D eigenvalue weighted by molar-refractivity contribution is 0.344. The SMILES string of the molecule is CCOc1cccc2c(CCN(C)C)c[nH]c12. The molecule has 1 aromatic carbocycles. The molecule has 0 saturated carbocycles. The zero-order valence-corrected chi connectivity index (χ0v) is 10.8. The number of H-pyrrole nitrogens is 1. The first-order valence-corrected chi connectivity index (χ1v) is 6.09. The minimum Gasteiger partial charge on any atom is -0.492 e. The highest BCUT2D eigenvalue weighted by atomic mass is 16.5. The van der Waals surface area contributed by atoms with Crippen LogP contribution in [0.2, 0.25) is 0 Å². The van der Waals surface area contributed by atoms with Gasteiger partial charge in [0.15, 0.2) is 0 Å². The van der Waals surface area contributed by atoms with Gasteiger partial charge in [0, 0.05) is 18.1 Å². The molecule has 0 aliphatic rings. The third-order valence-corrected chi connectivity index (χ3v) is 2.89. The second-order valence-corrected chi connectivity index (χ2v) is 4.48. The molecule has 0 amide bonds. The molecule has 1 heterocycles. The molecular formula is C14H20N2O. The quantitative estimate of drug-likeness (QED) is 0.858.